The lowest BCUT2D eigenvalue weighted by Crippen LogP contribution is -2.35. The van der Waals surface area contributed by atoms with E-state index < -0.39 is 11.7 Å². The van der Waals surface area contributed by atoms with Gasteiger partial charge < -0.3 is 15.0 Å². The quantitative estimate of drug-likeness (QED) is 0.547. The van der Waals surface area contributed by atoms with Crippen molar-refractivity contribution in [1.82, 2.24) is 29.9 Å². The number of halogens is 3. The van der Waals surface area contributed by atoms with Crippen molar-refractivity contribution in [3.63, 3.8) is 0 Å². The van der Waals surface area contributed by atoms with E-state index in [0.29, 0.717) is 44.1 Å². The van der Waals surface area contributed by atoms with E-state index in [2.05, 4.69) is 30.6 Å². The van der Waals surface area contributed by atoms with Gasteiger partial charge in [-0.15, -0.1) is 0 Å². The van der Waals surface area contributed by atoms with Gasteiger partial charge >= 0.3 is 6.18 Å². The highest BCUT2D eigenvalue weighted by molar-refractivity contribution is 5.47. The predicted octanol–water partition coefficient (Wildman–Crippen LogP) is 2.12. The Kier molecular flexibility index (Phi) is 6.31. The van der Waals surface area contributed by atoms with Crippen LogP contribution in [0.1, 0.15) is 29.4 Å². The number of rotatable bonds is 7. The maximum absolute atomic E-state index is 12.7. The number of fused-ring (bicyclic) bond motifs is 1. The van der Waals surface area contributed by atoms with Crippen LogP contribution in [0.5, 0.6) is 0 Å². The van der Waals surface area contributed by atoms with Crippen LogP contribution in [0.3, 0.4) is 0 Å². The molecule has 4 heterocycles. The topological polar surface area (TPSA) is 114 Å². The van der Waals surface area contributed by atoms with Gasteiger partial charge in [0, 0.05) is 30.5 Å². The first kappa shape index (κ1) is 22.7. The normalized spacial score (nSPS) is 14.8. The number of nitrogens with one attached hydrogen (secondary N) is 2. The van der Waals surface area contributed by atoms with Crippen LogP contribution < -0.4 is 15.8 Å². The van der Waals surface area contributed by atoms with Crippen molar-refractivity contribution < 1.29 is 17.9 Å². The molecule has 176 valence electrons. The minimum atomic E-state index is -4.46. The molecule has 1 unspecified atom stereocenters. The fourth-order valence-electron chi connectivity index (χ4n) is 3.45. The molecular weight excluding hydrogens is 441 g/mol. The standard InChI is InChI=1S/C20H23F3N8O2/c1-12(27-17-8-26-28-18(32)13(17)2)10-33-11-15-5-16-9-30(3-4-31(16)29-15)19-24-6-14(7-25-19)20(21,22)23/h5-8,12H,3-4,9-11H2,1-2H3,(H2,27,28,32). The van der Waals surface area contributed by atoms with Crippen LogP contribution >= 0.6 is 0 Å². The third-order valence-electron chi connectivity index (χ3n) is 5.22. The van der Waals surface area contributed by atoms with Crippen molar-refractivity contribution in [2.24, 2.45) is 0 Å². The lowest BCUT2D eigenvalue weighted by molar-refractivity contribution is -0.138. The average Bonchev–Trinajstić information content (AvgIpc) is 3.18. The Balaban J connectivity index is 1.30. The summed E-state index contributed by atoms with van der Waals surface area (Å²) < 4.78 is 45.8. The monoisotopic (exact) mass is 464 g/mol. The van der Waals surface area contributed by atoms with Gasteiger partial charge in [0.1, 0.15) is 0 Å². The summed E-state index contributed by atoms with van der Waals surface area (Å²) >= 11 is 0. The fourth-order valence-corrected chi connectivity index (χ4v) is 3.45. The number of hydrogen-bond acceptors (Lipinski definition) is 8. The van der Waals surface area contributed by atoms with Gasteiger partial charge in [0.2, 0.25) is 5.95 Å². The van der Waals surface area contributed by atoms with Gasteiger partial charge in [-0.25, -0.2) is 15.1 Å². The van der Waals surface area contributed by atoms with Crippen LogP contribution in [0, 0.1) is 6.92 Å². The summed E-state index contributed by atoms with van der Waals surface area (Å²) in [5.41, 5.74) is 1.74. The molecule has 33 heavy (non-hydrogen) atoms. The summed E-state index contributed by atoms with van der Waals surface area (Å²) in [6, 6.07) is 1.84. The van der Waals surface area contributed by atoms with Crippen LogP contribution in [-0.4, -0.2) is 49.1 Å². The molecule has 0 bridgehead atoms. The number of aromatic nitrogens is 6. The molecule has 0 spiro atoms. The summed E-state index contributed by atoms with van der Waals surface area (Å²) in [7, 11) is 0. The number of H-pyrrole nitrogens is 1. The van der Waals surface area contributed by atoms with Crippen LogP contribution in [0.2, 0.25) is 0 Å². The SMILES string of the molecule is Cc1c(NC(C)COCc2cc3n(n2)CCN(c2ncc(C(F)(F)F)cn2)C3)cn[nH]c1=O. The van der Waals surface area contributed by atoms with E-state index in [1.807, 2.05) is 22.6 Å². The van der Waals surface area contributed by atoms with Gasteiger partial charge in [-0.05, 0) is 19.9 Å². The van der Waals surface area contributed by atoms with Crippen LogP contribution in [0.4, 0.5) is 24.8 Å². The van der Waals surface area contributed by atoms with E-state index in [1.54, 1.807) is 13.1 Å². The number of hydrogen-bond donors (Lipinski definition) is 2. The summed E-state index contributed by atoms with van der Waals surface area (Å²) in [6.07, 6.45) is -1.31. The second-order valence-electron chi connectivity index (χ2n) is 7.84. The first-order valence-corrected chi connectivity index (χ1v) is 10.3. The molecule has 0 aromatic carbocycles. The number of aromatic amines is 1. The lowest BCUT2D eigenvalue weighted by Gasteiger charge is -2.27. The second-order valence-corrected chi connectivity index (χ2v) is 7.84. The van der Waals surface area contributed by atoms with E-state index in [9.17, 15) is 18.0 Å². The number of anilines is 2. The van der Waals surface area contributed by atoms with Gasteiger partial charge in [0.05, 0.1) is 55.1 Å². The Hall–Kier alpha value is -3.48. The molecule has 0 saturated carbocycles. The van der Waals surface area contributed by atoms with Crippen molar-refractivity contribution in [2.45, 2.75) is 45.8 Å². The number of nitrogens with zero attached hydrogens (tertiary/aromatic N) is 6. The van der Waals surface area contributed by atoms with Crippen molar-refractivity contribution in [3.05, 3.63) is 57.5 Å². The molecule has 1 aliphatic heterocycles. The van der Waals surface area contributed by atoms with Gasteiger partial charge in [0.15, 0.2) is 0 Å². The molecule has 13 heteroatoms. The first-order chi connectivity index (χ1) is 15.7. The second kappa shape index (κ2) is 9.17. The summed E-state index contributed by atoms with van der Waals surface area (Å²) in [6.45, 7) is 5.86. The third-order valence-corrected chi connectivity index (χ3v) is 5.22. The smallest absolute Gasteiger partial charge is 0.379 e. The van der Waals surface area contributed by atoms with Crippen molar-refractivity contribution in [2.75, 3.05) is 23.4 Å². The molecule has 2 N–H and O–H groups in total. The highest BCUT2D eigenvalue weighted by atomic mass is 19.4. The van der Waals surface area contributed by atoms with Crippen LogP contribution in [0.25, 0.3) is 0 Å². The van der Waals surface area contributed by atoms with Gasteiger partial charge in [0.25, 0.3) is 5.56 Å². The largest absolute Gasteiger partial charge is 0.419 e. The van der Waals surface area contributed by atoms with Crippen LogP contribution in [-0.2, 0) is 30.6 Å². The summed E-state index contributed by atoms with van der Waals surface area (Å²) in [5.74, 6) is 0.248. The first-order valence-electron chi connectivity index (χ1n) is 10.3. The third kappa shape index (κ3) is 5.30. The summed E-state index contributed by atoms with van der Waals surface area (Å²) in [5, 5.41) is 13.9. The maximum atomic E-state index is 12.7. The number of ether oxygens (including phenoxy) is 1. The molecular formula is C20H23F3N8O2. The van der Waals surface area contributed by atoms with E-state index in [4.69, 9.17) is 4.74 Å². The average molecular weight is 464 g/mol. The molecule has 3 aromatic rings. The Morgan fingerprint density at radius 2 is 2.00 bits per heavy atom. The van der Waals surface area contributed by atoms with E-state index in [-0.39, 0.29) is 17.5 Å². The zero-order valence-electron chi connectivity index (χ0n) is 18.1. The van der Waals surface area contributed by atoms with Gasteiger partial charge in [-0.1, -0.05) is 0 Å². The number of alkyl halides is 3. The molecule has 1 aliphatic rings. The zero-order valence-corrected chi connectivity index (χ0v) is 18.1. The lowest BCUT2D eigenvalue weighted by atomic mass is 10.2. The molecule has 0 aliphatic carbocycles. The Morgan fingerprint density at radius 3 is 2.73 bits per heavy atom. The fraction of sp³-hybridized carbons (Fsp3) is 0.450. The zero-order chi connectivity index (χ0) is 23.6. The Morgan fingerprint density at radius 1 is 1.24 bits per heavy atom. The molecule has 0 fully saturated rings. The van der Waals surface area contributed by atoms with E-state index in [1.165, 1.54) is 0 Å². The Bertz CT molecular complexity index is 1160. The Labute approximate surface area is 186 Å². The minimum absolute atomic E-state index is 0.0585. The van der Waals surface area contributed by atoms with Crippen molar-refractivity contribution >= 4 is 11.6 Å². The van der Waals surface area contributed by atoms with Gasteiger partial charge in [-0.3, -0.25) is 9.48 Å². The molecule has 0 saturated heterocycles. The molecule has 0 amide bonds. The maximum Gasteiger partial charge on any atom is 0.419 e. The highest BCUT2D eigenvalue weighted by Gasteiger charge is 2.32. The highest BCUT2D eigenvalue weighted by Crippen LogP contribution is 2.28. The predicted molar refractivity (Wildman–Crippen MR) is 113 cm³/mol. The molecule has 4 rings (SSSR count). The molecule has 1 atom stereocenters. The molecule has 0 radical (unpaired) electrons. The summed E-state index contributed by atoms with van der Waals surface area (Å²) in [4.78, 5) is 21.2. The minimum Gasteiger partial charge on any atom is -0.379 e. The van der Waals surface area contributed by atoms with Crippen LogP contribution in [0.15, 0.2) is 29.5 Å². The molecule has 3 aromatic heterocycles. The van der Waals surface area contributed by atoms with E-state index in [0.717, 1.165) is 23.8 Å². The van der Waals surface area contributed by atoms with Crippen molar-refractivity contribution in [1.29, 1.82) is 0 Å². The van der Waals surface area contributed by atoms with Gasteiger partial charge in [-0.2, -0.15) is 23.4 Å². The molecule has 10 nitrogen and oxygen atoms in total. The van der Waals surface area contributed by atoms with Crippen molar-refractivity contribution in [3.8, 4) is 0 Å². The van der Waals surface area contributed by atoms with E-state index >= 15 is 0 Å².